The molecule has 1 aromatic heterocycles. The summed E-state index contributed by atoms with van der Waals surface area (Å²) in [6.07, 6.45) is 2.99. The van der Waals surface area contributed by atoms with Gasteiger partial charge >= 0.3 is 6.03 Å². The first-order chi connectivity index (χ1) is 13.6. The number of benzene rings is 1. The number of nitrogens with zero attached hydrogens (tertiary/aromatic N) is 2. The molecular formula is C21H28N4O2S. The molecule has 2 heterocycles. The number of urea groups is 1. The highest BCUT2D eigenvalue weighted by molar-refractivity contribution is 7.99. The maximum absolute atomic E-state index is 12.0. The summed E-state index contributed by atoms with van der Waals surface area (Å²) in [5, 5.41) is 5.72. The Kier molecular flexibility index (Phi) is 7.56. The normalized spacial score (nSPS) is 19.3. The Balaban J connectivity index is 1.37. The first-order valence-corrected chi connectivity index (χ1v) is 10.7. The Morgan fingerprint density at radius 2 is 1.93 bits per heavy atom. The van der Waals surface area contributed by atoms with Crippen molar-refractivity contribution in [3.63, 3.8) is 0 Å². The molecule has 0 saturated carbocycles. The number of carbonyl (C=O) groups is 1. The number of carbonyl (C=O) groups excluding carboxylic acids is 1. The Morgan fingerprint density at radius 3 is 2.61 bits per heavy atom. The van der Waals surface area contributed by atoms with Crippen molar-refractivity contribution >= 4 is 29.3 Å². The zero-order chi connectivity index (χ0) is 19.8. The van der Waals surface area contributed by atoms with E-state index >= 15 is 0 Å². The molecule has 1 saturated heterocycles. The van der Waals surface area contributed by atoms with Crippen molar-refractivity contribution in [1.82, 2.24) is 10.3 Å². The van der Waals surface area contributed by atoms with Crippen LogP contribution in [0.1, 0.15) is 20.3 Å². The van der Waals surface area contributed by atoms with Gasteiger partial charge in [0.15, 0.2) is 0 Å². The number of anilines is 2. The first kappa shape index (κ1) is 20.5. The van der Waals surface area contributed by atoms with E-state index in [1.54, 1.807) is 18.0 Å². The number of morpholine rings is 1. The maximum atomic E-state index is 12.0. The smallest absolute Gasteiger partial charge is 0.319 e. The average Bonchev–Trinajstić information content (AvgIpc) is 2.68. The molecule has 1 aliphatic heterocycles. The topological polar surface area (TPSA) is 66.5 Å². The molecule has 2 aromatic rings. The van der Waals surface area contributed by atoms with Crippen LogP contribution in [0.3, 0.4) is 0 Å². The third-order valence-corrected chi connectivity index (χ3v) is 5.47. The van der Waals surface area contributed by atoms with Gasteiger partial charge in [-0.3, -0.25) is 0 Å². The van der Waals surface area contributed by atoms with E-state index in [0.29, 0.717) is 12.2 Å². The van der Waals surface area contributed by atoms with E-state index in [-0.39, 0.29) is 18.2 Å². The Labute approximate surface area is 171 Å². The Morgan fingerprint density at radius 1 is 1.18 bits per heavy atom. The quantitative estimate of drug-likeness (QED) is 0.543. The van der Waals surface area contributed by atoms with E-state index in [2.05, 4.69) is 46.5 Å². The van der Waals surface area contributed by atoms with Crippen LogP contribution in [0.2, 0.25) is 0 Å². The summed E-state index contributed by atoms with van der Waals surface area (Å²) < 4.78 is 5.76. The van der Waals surface area contributed by atoms with E-state index in [1.807, 2.05) is 30.3 Å². The second kappa shape index (κ2) is 10.3. The number of aromatic nitrogens is 1. The van der Waals surface area contributed by atoms with Crippen molar-refractivity contribution in [3.05, 3.63) is 48.7 Å². The van der Waals surface area contributed by atoms with Crippen LogP contribution in [0.5, 0.6) is 0 Å². The third-order valence-electron chi connectivity index (χ3n) is 4.37. The van der Waals surface area contributed by atoms with Crippen LogP contribution in [0, 0.1) is 0 Å². The fourth-order valence-electron chi connectivity index (χ4n) is 3.17. The molecule has 2 amide bonds. The van der Waals surface area contributed by atoms with Crippen LogP contribution in [0.4, 0.5) is 16.3 Å². The predicted molar refractivity (Wildman–Crippen MR) is 115 cm³/mol. The number of pyridine rings is 1. The lowest BCUT2D eigenvalue weighted by Gasteiger charge is -2.36. The van der Waals surface area contributed by atoms with Crippen molar-refractivity contribution < 1.29 is 9.53 Å². The van der Waals surface area contributed by atoms with Crippen LogP contribution >= 0.6 is 11.8 Å². The highest BCUT2D eigenvalue weighted by atomic mass is 32.2. The summed E-state index contributed by atoms with van der Waals surface area (Å²) in [7, 11) is 0. The largest absolute Gasteiger partial charge is 0.372 e. The van der Waals surface area contributed by atoms with E-state index in [0.717, 1.165) is 31.1 Å². The molecule has 0 bridgehead atoms. The van der Waals surface area contributed by atoms with Crippen molar-refractivity contribution in [2.75, 3.05) is 35.6 Å². The zero-order valence-corrected chi connectivity index (χ0v) is 17.2. The van der Waals surface area contributed by atoms with Crippen molar-refractivity contribution in [2.45, 2.75) is 37.4 Å². The monoisotopic (exact) mass is 400 g/mol. The fraction of sp³-hybridized carbons (Fsp3) is 0.429. The van der Waals surface area contributed by atoms with Gasteiger partial charge in [-0.2, -0.15) is 0 Å². The molecular weight excluding hydrogens is 372 g/mol. The summed E-state index contributed by atoms with van der Waals surface area (Å²) in [5.74, 6) is 1.88. The molecule has 6 nitrogen and oxygen atoms in total. The number of ether oxygens (including phenoxy) is 1. The molecule has 1 aromatic carbocycles. The molecule has 150 valence electrons. The van der Waals surface area contributed by atoms with Crippen LogP contribution in [0.25, 0.3) is 0 Å². The highest BCUT2D eigenvalue weighted by Crippen LogP contribution is 2.20. The minimum Gasteiger partial charge on any atom is -0.372 e. The SMILES string of the molecule is CC1CN(c2ccc(NC(=O)NCCCSc3ccccc3)cn2)CC(C)O1. The van der Waals surface area contributed by atoms with Crippen LogP contribution in [0.15, 0.2) is 53.6 Å². The van der Waals surface area contributed by atoms with Gasteiger partial charge < -0.3 is 20.3 Å². The standard InChI is InChI=1S/C21H28N4O2S/c1-16-14-25(15-17(2)27-16)20-10-9-18(13-23-20)24-21(26)22-11-6-12-28-19-7-4-3-5-8-19/h3-5,7-10,13,16-17H,6,11-12,14-15H2,1-2H3,(H2,22,24,26). The molecule has 3 rings (SSSR count). The predicted octanol–water partition coefficient (Wildman–Crippen LogP) is 4.00. The van der Waals surface area contributed by atoms with Crippen molar-refractivity contribution in [3.8, 4) is 0 Å². The van der Waals surface area contributed by atoms with Gasteiger partial charge in [0, 0.05) is 24.5 Å². The minimum absolute atomic E-state index is 0.189. The lowest BCUT2D eigenvalue weighted by atomic mass is 10.2. The molecule has 2 unspecified atom stereocenters. The second-order valence-electron chi connectivity index (χ2n) is 6.96. The number of rotatable bonds is 7. The van der Waals surface area contributed by atoms with E-state index in [1.165, 1.54) is 4.90 Å². The van der Waals surface area contributed by atoms with Gasteiger partial charge in [0.05, 0.1) is 24.1 Å². The molecule has 0 radical (unpaired) electrons. The van der Waals surface area contributed by atoms with Crippen molar-refractivity contribution in [1.29, 1.82) is 0 Å². The number of hydrogen-bond donors (Lipinski definition) is 2. The highest BCUT2D eigenvalue weighted by Gasteiger charge is 2.23. The first-order valence-electron chi connectivity index (χ1n) is 9.69. The van der Waals surface area contributed by atoms with Gasteiger partial charge in [0.25, 0.3) is 0 Å². The lowest BCUT2D eigenvalue weighted by molar-refractivity contribution is -0.00545. The Hall–Kier alpha value is -2.25. The van der Waals surface area contributed by atoms with Crippen LogP contribution < -0.4 is 15.5 Å². The van der Waals surface area contributed by atoms with Crippen LogP contribution in [-0.2, 0) is 4.74 Å². The number of nitrogens with one attached hydrogen (secondary N) is 2. The van der Waals surface area contributed by atoms with Crippen LogP contribution in [-0.4, -0.2) is 48.6 Å². The molecule has 0 spiro atoms. The summed E-state index contributed by atoms with van der Waals surface area (Å²) in [4.78, 5) is 20.0. The molecule has 2 atom stereocenters. The summed E-state index contributed by atoms with van der Waals surface area (Å²) >= 11 is 1.80. The summed E-state index contributed by atoms with van der Waals surface area (Å²) in [6.45, 7) is 6.43. The van der Waals surface area contributed by atoms with E-state index < -0.39 is 0 Å². The zero-order valence-electron chi connectivity index (χ0n) is 16.4. The Bertz CT molecular complexity index is 732. The fourth-order valence-corrected chi connectivity index (χ4v) is 4.04. The van der Waals surface area contributed by atoms with Gasteiger partial charge in [-0.25, -0.2) is 9.78 Å². The summed E-state index contributed by atoms with van der Waals surface area (Å²) in [5.41, 5.74) is 0.689. The number of hydrogen-bond acceptors (Lipinski definition) is 5. The van der Waals surface area contributed by atoms with E-state index in [4.69, 9.17) is 4.74 Å². The summed E-state index contributed by atoms with van der Waals surface area (Å²) in [6, 6.07) is 13.9. The second-order valence-corrected chi connectivity index (χ2v) is 8.13. The number of amides is 2. The van der Waals surface area contributed by atoms with Crippen molar-refractivity contribution in [2.24, 2.45) is 0 Å². The molecule has 7 heteroatoms. The van der Waals surface area contributed by atoms with Gasteiger partial charge in [-0.1, -0.05) is 18.2 Å². The maximum Gasteiger partial charge on any atom is 0.319 e. The average molecular weight is 401 g/mol. The van der Waals surface area contributed by atoms with Gasteiger partial charge in [0.1, 0.15) is 5.82 Å². The van der Waals surface area contributed by atoms with Gasteiger partial charge in [-0.05, 0) is 50.3 Å². The molecule has 28 heavy (non-hydrogen) atoms. The molecule has 0 aliphatic carbocycles. The third kappa shape index (κ3) is 6.42. The number of thioether (sulfide) groups is 1. The molecule has 1 fully saturated rings. The van der Waals surface area contributed by atoms with Gasteiger partial charge in [0.2, 0.25) is 0 Å². The molecule has 2 N–H and O–H groups in total. The lowest BCUT2D eigenvalue weighted by Crippen LogP contribution is -2.45. The van der Waals surface area contributed by atoms with Gasteiger partial charge in [-0.15, -0.1) is 11.8 Å². The molecule has 1 aliphatic rings. The van der Waals surface area contributed by atoms with E-state index in [9.17, 15) is 4.79 Å². The minimum atomic E-state index is -0.201.